The van der Waals surface area contributed by atoms with Crippen LogP contribution in [-0.4, -0.2) is 34.3 Å². The van der Waals surface area contributed by atoms with E-state index in [4.69, 9.17) is 33.0 Å². The van der Waals surface area contributed by atoms with Crippen LogP contribution in [0.3, 0.4) is 0 Å². The van der Waals surface area contributed by atoms with Gasteiger partial charge in [0.25, 0.3) is 5.91 Å². The second kappa shape index (κ2) is 10.8. The predicted molar refractivity (Wildman–Crippen MR) is 144 cm³/mol. The number of ether oxygens (including phenoxy) is 1. The maximum atomic E-state index is 13.5. The van der Waals surface area contributed by atoms with Crippen molar-refractivity contribution in [1.29, 1.82) is 0 Å². The first-order valence-electron chi connectivity index (χ1n) is 12.0. The molecule has 1 saturated carbocycles. The standard InChI is InChI=1S/C29H24Cl2N2O4/c30-21-13-11-19(12-14-21)28-24-9-4-6-20(15-18-5-3-7-22(31)16-18)27(24)32-33(28)26(34)17-37-25-10-2-1-8-23(25)29(35)36/h1-3,5,7-8,10-16,24,28H,4,6,9,17H2,(H,35,36). The Morgan fingerprint density at radius 1 is 1.03 bits per heavy atom. The number of benzene rings is 3. The fourth-order valence-electron chi connectivity index (χ4n) is 4.97. The molecular weight excluding hydrogens is 511 g/mol. The summed E-state index contributed by atoms with van der Waals surface area (Å²) < 4.78 is 5.67. The summed E-state index contributed by atoms with van der Waals surface area (Å²) in [6.45, 7) is -0.342. The van der Waals surface area contributed by atoms with E-state index in [1.807, 2.05) is 48.5 Å². The number of carboxylic acid groups (broad SMARTS) is 1. The van der Waals surface area contributed by atoms with Crippen LogP contribution >= 0.6 is 23.2 Å². The molecule has 1 amide bonds. The molecule has 0 saturated heterocycles. The number of nitrogens with zero attached hydrogens (tertiary/aromatic N) is 2. The number of hydrogen-bond donors (Lipinski definition) is 1. The maximum Gasteiger partial charge on any atom is 0.339 e. The van der Waals surface area contributed by atoms with Crippen LogP contribution in [0.25, 0.3) is 6.08 Å². The van der Waals surface area contributed by atoms with Gasteiger partial charge in [-0.2, -0.15) is 5.10 Å². The third-order valence-corrected chi connectivity index (χ3v) is 7.11. The molecule has 0 bridgehead atoms. The molecule has 8 heteroatoms. The number of amides is 1. The van der Waals surface area contributed by atoms with Crippen molar-refractivity contribution in [3.63, 3.8) is 0 Å². The van der Waals surface area contributed by atoms with Crippen molar-refractivity contribution in [3.8, 4) is 5.75 Å². The number of rotatable bonds is 6. The molecule has 188 valence electrons. The summed E-state index contributed by atoms with van der Waals surface area (Å²) in [6, 6.07) is 21.0. The number of aromatic carboxylic acids is 1. The van der Waals surface area contributed by atoms with Gasteiger partial charge in [-0.15, -0.1) is 0 Å². The summed E-state index contributed by atoms with van der Waals surface area (Å²) in [5.74, 6) is -1.33. The maximum absolute atomic E-state index is 13.5. The number of hydrogen-bond acceptors (Lipinski definition) is 4. The third-order valence-electron chi connectivity index (χ3n) is 6.63. The Kier molecular flexibility index (Phi) is 7.31. The van der Waals surface area contributed by atoms with E-state index < -0.39 is 5.97 Å². The predicted octanol–water partition coefficient (Wildman–Crippen LogP) is 6.89. The molecule has 0 radical (unpaired) electrons. The number of fused-ring (bicyclic) bond motifs is 1. The summed E-state index contributed by atoms with van der Waals surface area (Å²) in [5, 5.41) is 17.0. The van der Waals surface area contributed by atoms with Crippen LogP contribution in [0.2, 0.25) is 10.0 Å². The van der Waals surface area contributed by atoms with E-state index in [0.717, 1.165) is 41.7 Å². The Labute approximate surface area is 224 Å². The molecule has 1 N–H and O–H groups in total. The van der Waals surface area contributed by atoms with Crippen LogP contribution in [0, 0.1) is 5.92 Å². The van der Waals surface area contributed by atoms with Crippen LogP contribution in [0.5, 0.6) is 5.75 Å². The Hall–Kier alpha value is -3.61. The van der Waals surface area contributed by atoms with Crippen LogP contribution in [0.15, 0.2) is 83.5 Å². The summed E-state index contributed by atoms with van der Waals surface area (Å²) in [7, 11) is 0. The minimum absolute atomic E-state index is 0.00213. The van der Waals surface area contributed by atoms with E-state index in [-0.39, 0.29) is 35.8 Å². The summed E-state index contributed by atoms with van der Waals surface area (Å²) in [4.78, 5) is 25.0. The highest BCUT2D eigenvalue weighted by Crippen LogP contribution is 2.44. The minimum atomic E-state index is -1.12. The molecular formula is C29H24Cl2N2O4. The lowest BCUT2D eigenvalue weighted by Crippen LogP contribution is -2.34. The van der Waals surface area contributed by atoms with E-state index >= 15 is 0 Å². The average Bonchev–Trinajstić information content (AvgIpc) is 3.29. The van der Waals surface area contributed by atoms with Gasteiger partial charge >= 0.3 is 5.97 Å². The first-order chi connectivity index (χ1) is 17.9. The van der Waals surface area contributed by atoms with E-state index in [0.29, 0.717) is 10.0 Å². The van der Waals surface area contributed by atoms with Gasteiger partial charge in [0.05, 0.1) is 11.8 Å². The first kappa shape index (κ1) is 25.1. The fourth-order valence-corrected chi connectivity index (χ4v) is 5.30. The lowest BCUT2D eigenvalue weighted by atomic mass is 9.77. The van der Waals surface area contributed by atoms with Gasteiger partial charge in [-0.3, -0.25) is 4.79 Å². The van der Waals surface area contributed by atoms with Crippen molar-refractivity contribution >= 4 is 46.9 Å². The number of allylic oxidation sites excluding steroid dienone is 1. The van der Waals surface area contributed by atoms with Gasteiger partial charge in [-0.1, -0.05) is 59.6 Å². The highest BCUT2D eigenvalue weighted by Gasteiger charge is 2.43. The number of para-hydroxylation sites is 1. The van der Waals surface area contributed by atoms with Crippen molar-refractivity contribution in [2.45, 2.75) is 25.3 Å². The lowest BCUT2D eigenvalue weighted by molar-refractivity contribution is -0.135. The Morgan fingerprint density at radius 3 is 2.57 bits per heavy atom. The molecule has 0 aromatic heterocycles. The SMILES string of the molecule is O=C(O)c1ccccc1OCC(=O)N1N=C2C(=Cc3cccc(Cl)c3)CCCC2C1c1ccc(Cl)cc1. The molecule has 2 atom stereocenters. The van der Waals surface area contributed by atoms with Gasteiger partial charge in [0.2, 0.25) is 0 Å². The molecule has 3 aromatic rings. The molecule has 1 fully saturated rings. The zero-order valence-electron chi connectivity index (χ0n) is 19.8. The Morgan fingerprint density at radius 2 is 1.81 bits per heavy atom. The van der Waals surface area contributed by atoms with Crippen molar-refractivity contribution in [2.24, 2.45) is 11.0 Å². The molecule has 37 heavy (non-hydrogen) atoms. The Bertz CT molecular complexity index is 1400. The molecule has 1 aliphatic carbocycles. The number of carbonyl (C=O) groups is 2. The monoisotopic (exact) mass is 534 g/mol. The van der Waals surface area contributed by atoms with Crippen molar-refractivity contribution in [1.82, 2.24) is 5.01 Å². The average molecular weight is 535 g/mol. The highest BCUT2D eigenvalue weighted by atomic mass is 35.5. The van der Waals surface area contributed by atoms with Gasteiger partial charge in [0, 0.05) is 16.0 Å². The van der Waals surface area contributed by atoms with Crippen LogP contribution in [0.1, 0.15) is 46.8 Å². The van der Waals surface area contributed by atoms with E-state index in [1.54, 1.807) is 12.1 Å². The second-order valence-corrected chi connectivity index (χ2v) is 9.91. The molecule has 0 spiro atoms. The zero-order valence-corrected chi connectivity index (χ0v) is 21.3. The van der Waals surface area contributed by atoms with Gasteiger partial charge in [0.1, 0.15) is 11.3 Å². The summed E-state index contributed by atoms with van der Waals surface area (Å²) >= 11 is 12.3. The van der Waals surface area contributed by atoms with Gasteiger partial charge < -0.3 is 9.84 Å². The van der Waals surface area contributed by atoms with Crippen LogP contribution in [-0.2, 0) is 4.79 Å². The topological polar surface area (TPSA) is 79.2 Å². The lowest BCUT2D eigenvalue weighted by Gasteiger charge is -2.29. The van der Waals surface area contributed by atoms with E-state index in [1.165, 1.54) is 17.1 Å². The number of hydrazone groups is 1. The van der Waals surface area contributed by atoms with Gasteiger partial charge in [0.15, 0.2) is 6.61 Å². The van der Waals surface area contributed by atoms with Crippen molar-refractivity contribution < 1.29 is 19.4 Å². The molecule has 3 aromatic carbocycles. The molecule has 2 aliphatic rings. The molecule has 6 nitrogen and oxygen atoms in total. The summed E-state index contributed by atoms with van der Waals surface area (Å²) in [6.07, 6.45) is 4.78. The van der Waals surface area contributed by atoms with E-state index in [9.17, 15) is 14.7 Å². The quantitative estimate of drug-likeness (QED) is 0.373. The van der Waals surface area contributed by atoms with Crippen molar-refractivity contribution in [3.05, 3.63) is 105 Å². The normalized spacial score (nSPS) is 19.9. The molecule has 1 aliphatic heterocycles. The van der Waals surface area contributed by atoms with E-state index in [2.05, 4.69) is 6.08 Å². The number of halogens is 2. The summed E-state index contributed by atoms with van der Waals surface area (Å²) in [5.41, 5.74) is 3.86. The largest absolute Gasteiger partial charge is 0.483 e. The van der Waals surface area contributed by atoms with Crippen LogP contribution in [0.4, 0.5) is 0 Å². The van der Waals surface area contributed by atoms with Gasteiger partial charge in [-0.05, 0) is 78.4 Å². The Balaban J connectivity index is 1.47. The zero-order chi connectivity index (χ0) is 25.9. The molecule has 5 rings (SSSR count). The van der Waals surface area contributed by atoms with Gasteiger partial charge in [-0.25, -0.2) is 9.80 Å². The molecule has 1 heterocycles. The number of carbonyl (C=O) groups excluding carboxylic acids is 1. The smallest absolute Gasteiger partial charge is 0.339 e. The minimum Gasteiger partial charge on any atom is -0.483 e. The van der Waals surface area contributed by atoms with Crippen LogP contribution < -0.4 is 4.74 Å². The highest BCUT2D eigenvalue weighted by molar-refractivity contribution is 6.31. The fraction of sp³-hybridized carbons (Fsp3) is 0.207. The first-order valence-corrected chi connectivity index (χ1v) is 12.7. The second-order valence-electron chi connectivity index (χ2n) is 9.03. The molecule has 2 unspecified atom stereocenters. The number of carboxylic acids is 1. The van der Waals surface area contributed by atoms with Crippen molar-refractivity contribution in [2.75, 3.05) is 6.61 Å². The third kappa shape index (κ3) is 5.41.